The molecule has 144 valence electrons. The number of rotatable bonds is 4. The highest BCUT2D eigenvalue weighted by molar-refractivity contribution is 5.78. The largest absolute Gasteiger partial charge is 0.368 e. The van der Waals surface area contributed by atoms with Crippen LogP contribution in [0.5, 0.6) is 0 Å². The second-order valence-corrected chi connectivity index (χ2v) is 7.27. The molecule has 0 bridgehead atoms. The summed E-state index contributed by atoms with van der Waals surface area (Å²) < 4.78 is 0. The quantitative estimate of drug-likeness (QED) is 0.593. The number of likely N-dealkylation sites (tertiary alicyclic amines) is 1. The van der Waals surface area contributed by atoms with Crippen molar-refractivity contribution in [2.45, 2.75) is 32.2 Å². The maximum Gasteiger partial charge on any atom is 0.270 e. The number of hydrogen-bond donors (Lipinski definition) is 0. The van der Waals surface area contributed by atoms with Crippen molar-refractivity contribution in [3.8, 4) is 6.07 Å². The van der Waals surface area contributed by atoms with Crippen LogP contribution in [0.25, 0.3) is 0 Å². The average Bonchev–Trinajstić information content (AvgIpc) is 2.68. The van der Waals surface area contributed by atoms with Gasteiger partial charge >= 0.3 is 0 Å². The van der Waals surface area contributed by atoms with E-state index in [2.05, 4.69) is 22.8 Å². The smallest absolute Gasteiger partial charge is 0.270 e. The van der Waals surface area contributed by atoms with Crippen LogP contribution in [0, 0.1) is 21.4 Å². The molecule has 1 aromatic rings. The Morgan fingerprint density at radius 2 is 2.00 bits per heavy atom. The summed E-state index contributed by atoms with van der Waals surface area (Å²) in [7, 11) is 0. The first-order valence-electron chi connectivity index (χ1n) is 9.45. The molecule has 0 saturated carbocycles. The summed E-state index contributed by atoms with van der Waals surface area (Å²) in [6.07, 6.45) is 3.36. The van der Waals surface area contributed by atoms with Crippen LogP contribution < -0.4 is 4.90 Å². The minimum Gasteiger partial charge on any atom is -0.368 e. The molecule has 2 fully saturated rings. The lowest BCUT2D eigenvalue weighted by Crippen LogP contribution is -2.52. The number of anilines is 1. The van der Waals surface area contributed by atoms with Gasteiger partial charge in [0.15, 0.2) is 0 Å². The molecule has 0 radical (unpaired) electrons. The van der Waals surface area contributed by atoms with Crippen LogP contribution in [0.1, 0.15) is 31.7 Å². The number of carbonyl (C=O) groups is 1. The monoisotopic (exact) mass is 371 g/mol. The fourth-order valence-electron chi connectivity index (χ4n) is 3.90. The molecule has 2 aliphatic rings. The number of non-ortho nitro benzene ring substituents is 1. The van der Waals surface area contributed by atoms with Crippen LogP contribution in [-0.2, 0) is 4.79 Å². The van der Waals surface area contributed by atoms with Gasteiger partial charge in [0.05, 0.1) is 22.7 Å². The van der Waals surface area contributed by atoms with Crippen molar-refractivity contribution in [1.82, 2.24) is 9.80 Å². The zero-order chi connectivity index (χ0) is 19.4. The molecule has 0 aliphatic carbocycles. The van der Waals surface area contributed by atoms with Crippen LogP contribution in [0.3, 0.4) is 0 Å². The number of nitro benzene ring substituents is 1. The first-order chi connectivity index (χ1) is 13.0. The third-order valence-corrected chi connectivity index (χ3v) is 5.51. The van der Waals surface area contributed by atoms with Crippen molar-refractivity contribution in [2.24, 2.45) is 0 Å². The zero-order valence-corrected chi connectivity index (χ0v) is 15.6. The summed E-state index contributed by atoms with van der Waals surface area (Å²) in [5, 5.41) is 20.2. The number of piperidine rings is 1. The topological polar surface area (TPSA) is 93.7 Å². The van der Waals surface area contributed by atoms with Crippen LogP contribution >= 0.6 is 0 Å². The van der Waals surface area contributed by atoms with Crippen molar-refractivity contribution >= 4 is 17.3 Å². The first kappa shape index (κ1) is 19.1. The van der Waals surface area contributed by atoms with E-state index in [1.165, 1.54) is 18.6 Å². The van der Waals surface area contributed by atoms with Crippen molar-refractivity contribution < 1.29 is 9.72 Å². The van der Waals surface area contributed by atoms with Gasteiger partial charge in [0.1, 0.15) is 6.07 Å². The van der Waals surface area contributed by atoms with Crippen molar-refractivity contribution in [3.63, 3.8) is 0 Å². The number of benzene rings is 1. The molecule has 0 aromatic heterocycles. The molecule has 27 heavy (non-hydrogen) atoms. The fourth-order valence-corrected chi connectivity index (χ4v) is 3.90. The standard InChI is InChI=1S/C19H25N5O3/c1-15-4-2-3-7-23(15)19(25)14-21-8-10-22(11-9-21)18-6-5-17(24(26)27)12-16(18)13-20/h5-6,12,15H,2-4,7-11,14H2,1H3/t15-/m0/s1. The van der Waals surface area contributed by atoms with Crippen molar-refractivity contribution in [3.05, 3.63) is 33.9 Å². The summed E-state index contributed by atoms with van der Waals surface area (Å²) in [6.45, 7) is 6.25. The van der Waals surface area contributed by atoms with Gasteiger partial charge in [-0.2, -0.15) is 5.26 Å². The summed E-state index contributed by atoms with van der Waals surface area (Å²) in [4.78, 5) is 29.2. The molecule has 0 N–H and O–H groups in total. The van der Waals surface area contributed by atoms with E-state index in [0.29, 0.717) is 31.2 Å². The van der Waals surface area contributed by atoms with Gasteiger partial charge in [-0.25, -0.2) is 0 Å². The Balaban J connectivity index is 1.58. The van der Waals surface area contributed by atoms with Crippen LogP contribution in [0.15, 0.2) is 18.2 Å². The van der Waals surface area contributed by atoms with E-state index in [0.717, 1.165) is 38.2 Å². The Morgan fingerprint density at radius 1 is 1.26 bits per heavy atom. The number of hydrogen-bond acceptors (Lipinski definition) is 6. The fraction of sp³-hybridized carbons (Fsp3) is 0.579. The normalized spacial score (nSPS) is 21.0. The highest BCUT2D eigenvalue weighted by atomic mass is 16.6. The van der Waals surface area contributed by atoms with E-state index in [1.54, 1.807) is 6.07 Å². The average molecular weight is 371 g/mol. The molecule has 3 rings (SSSR count). The molecule has 0 unspecified atom stereocenters. The van der Waals surface area contributed by atoms with Crippen LogP contribution in [-0.4, -0.2) is 65.9 Å². The minimum absolute atomic E-state index is 0.0739. The van der Waals surface area contributed by atoms with Gasteiger partial charge in [0, 0.05) is 50.9 Å². The van der Waals surface area contributed by atoms with Gasteiger partial charge in [0.2, 0.25) is 5.91 Å². The number of nitrogens with zero attached hydrogens (tertiary/aromatic N) is 5. The Labute approximate surface area is 159 Å². The zero-order valence-electron chi connectivity index (χ0n) is 15.6. The number of nitro groups is 1. The summed E-state index contributed by atoms with van der Waals surface area (Å²) in [5.41, 5.74) is 0.963. The third kappa shape index (κ3) is 4.37. The Hall–Kier alpha value is -2.66. The van der Waals surface area contributed by atoms with Crippen LogP contribution in [0.4, 0.5) is 11.4 Å². The number of piperazine rings is 1. The van der Waals surface area contributed by atoms with Crippen molar-refractivity contribution in [1.29, 1.82) is 5.26 Å². The molecular formula is C19H25N5O3. The molecule has 1 aromatic carbocycles. The molecule has 8 heteroatoms. The van der Waals surface area contributed by atoms with Gasteiger partial charge in [0.25, 0.3) is 5.69 Å². The lowest BCUT2D eigenvalue weighted by molar-refractivity contribution is -0.384. The maximum absolute atomic E-state index is 12.6. The predicted molar refractivity (Wildman–Crippen MR) is 101 cm³/mol. The van der Waals surface area contributed by atoms with E-state index in [4.69, 9.17) is 0 Å². The maximum atomic E-state index is 12.6. The summed E-state index contributed by atoms with van der Waals surface area (Å²) in [6, 6.07) is 6.79. The van der Waals surface area contributed by atoms with Gasteiger partial charge < -0.3 is 9.80 Å². The van der Waals surface area contributed by atoms with E-state index < -0.39 is 4.92 Å². The molecular weight excluding hydrogens is 346 g/mol. The minimum atomic E-state index is -0.490. The second-order valence-electron chi connectivity index (χ2n) is 7.27. The van der Waals surface area contributed by atoms with Gasteiger partial charge in [-0.05, 0) is 32.3 Å². The number of nitriles is 1. The van der Waals surface area contributed by atoms with Crippen LogP contribution in [0.2, 0.25) is 0 Å². The van der Waals surface area contributed by atoms with E-state index in [-0.39, 0.29) is 11.6 Å². The number of carbonyl (C=O) groups excluding carboxylic acids is 1. The molecule has 2 heterocycles. The molecule has 2 saturated heterocycles. The highest BCUT2D eigenvalue weighted by Crippen LogP contribution is 2.26. The second kappa shape index (κ2) is 8.35. The summed E-state index contributed by atoms with van der Waals surface area (Å²) in [5.74, 6) is 0.198. The van der Waals surface area contributed by atoms with Crippen molar-refractivity contribution in [2.75, 3.05) is 44.2 Å². The Morgan fingerprint density at radius 3 is 2.63 bits per heavy atom. The number of amides is 1. The highest BCUT2D eigenvalue weighted by Gasteiger charge is 2.27. The lowest BCUT2D eigenvalue weighted by atomic mass is 10.0. The molecule has 0 spiro atoms. The SMILES string of the molecule is C[C@H]1CCCCN1C(=O)CN1CCN(c2ccc([N+](=O)[O-])cc2C#N)CC1. The Kier molecular flexibility index (Phi) is 5.91. The van der Waals surface area contributed by atoms with E-state index in [1.807, 2.05) is 4.90 Å². The Bertz CT molecular complexity index is 752. The molecule has 1 atom stereocenters. The first-order valence-corrected chi connectivity index (χ1v) is 9.45. The van der Waals surface area contributed by atoms with Gasteiger partial charge in [-0.15, -0.1) is 0 Å². The molecule has 1 amide bonds. The molecule has 2 aliphatic heterocycles. The van der Waals surface area contributed by atoms with Gasteiger partial charge in [-0.1, -0.05) is 0 Å². The third-order valence-electron chi connectivity index (χ3n) is 5.51. The lowest BCUT2D eigenvalue weighted by Gasteiger charge is -2.38. The van der Waals surface area contributed by atoms with Gasteiger partial charge in [-0.3, -0.25) is 19.8 Å². The van der Waals surface area contributed by atoms with E-state index in [9.17, 15) is 20.2 Å². The summed E-state index contributed by atoms with van der Waals surface area (Å²) >= 11 is 0. The molecule has 8 nitrogen and oxygen atoms in total. The van der Waals surface area contributed by atoms with E-state index >= 15 is 0 Å². The predicted octanol–water partition coefficient (Wildman–Crippen LogP) is 1.99.